The van der Waals surface area contributed by atoms with Gasteiger partial charge in [0, 0.05) is 59.2 Å². The normalized spacial score (nSPS) is 23.8. The fraction of sp³-hybridized carbons (Fsp3) is 0.417. The largest absolute Gasteiger partial charge is 0.373 e. The molecule has 264 valence electrons. The maximum Gasteiger partial charge on any atom is 0.248 e. The number of piperidine rings is 1. The molecule has 1 saturated carbocycles. The molecule has 0 aromatic carbocycles. The summed E-state index contributed by atoms with van der Waals surface area (Å²) >= 11 is 3.40. The Morgan fingerprint density at radius 1 is 1.08 bits per heavy atom. The highest BCUT2D eigenvalue weighted by Crippen LogP contribution is 2.59. The number of halogens is 1. The van der Waals surface area contributed by atoms with Gasteiger partial charge in [0.15, 0.2) is 5.78 Å². The van der Waals surface area contributed by atoms with Gasteiger partial charge in [-0.25, -0.2) is 15.0 Å². The fourth-order valence-corrected chi connectivity index (χ4v) is 7.28. The first-order valence-electron chi connectivity index (χ1n) is 16.8. The molecule has 6 heterocycles. The number of carbonyl (C=O) groups excluding carboxylic acids is 4. The lowest BCUT2D eigenvalue weighted by Crippen LogP contribution is -2.47. The molecule has 1 saturated heterocycles. The van der Waals surface area contributed by atoms with E-state index < -0.39 is 16.9 Å². The van der Waals surface area contributed by atoms with Gasteiger partial charge in [0.05, 0.1) is 30.6 Å². The molecule has 3 aliphatic rings. The average molecular weight is 757 g/mol. The molecule has 4 aromatic heterocycles. The number of fused-ring (bicyclic) bond motifs is 3. The smallest absolute Gasteiger partial charge is 0.248 e. The number of aromatic nitrogens is 6. The number of anilines is 1. The van der Waals surface area contributed by atoms with E-state index in [4.69, 9.17) is 4.74 Å². The van der Waals surface area contributed by atoms with Crippen molar-refractivity contribution in [1.82, 2.24) is 39.9 Å². The lowest BCUT2D eigenvalue weighted by molar-refractivity contribution is -0.138. The number of nitrogens with zero attached hydrogens (tertiary/aromatic N) is 7. The van der Waals surface area contributed by atoms with E-state index in [1.165, 1.54) is 11.6 Å². The van der Waals surface area contributed by atoms with Crippen LogP contribution in [0.25, 0.3) is 22.2 Å². The second kappa shape index (κ2) is 13.3. The van der Waals surface area contributed by atoms with Gasteiger partial charge in [-0.15, -0.1) is 0 Å². The predicted octanol–water partition coefficient (Wildman–Crippen LogP) is 4.17. The lowest BCUT2D eigenvalue weighted by Gasteiger charge is -2.27. The van der Waals surface area contributed by atoms with Crippen molar-refractivity contribution in [2.75, 3.05) is 18.5 Å². The number of hydrogen-bond donors (Lipinski definition) is 2. The van der Waals surface area contributed by atoms with Crippen LogP contribution in [-0.2, 0) is 32.3 Å². The van der Waals surface area contributed by atoms with Gasteiger partial charge in [0.25, 0.3) is 0 Å². The van der Waals surface area contributed by atoms with Crippen LogP contribution < -0.4 is 10.6 Å². The van der Waals surface area contributed by atoms with E-state index in [-0.39, 0.29) is 48.4 Å². The Kier molecular flexibility index (Phi) is 9.04. The van der Waals surface area contributed by atoms with E-state index in [1.807, 2.05) is 32.1 Å². The first-order valence-corrected chi connectivity index (χ1v) is 17.6. The molecule has 2 bridgehead atoms. The SMILES string of the molecule is CC(=O)c1nn(CC(=O)N2[C@H]3C[C@@]4(CNC(=O)C(C)(C)C/C=C/COCc5ccc(Br)nc5NC3=O)C[C@@H]24)c2cnc(-c3cnc(C)nc3)cc12. The van der Waals surface area contributed by atoms with Gasteiger partial charge in [-0.3, -0.25) is 28.8 Å². The number of Topliss-reactive ketones (excluding diaryl/α,β-unsaturated/α-hetero) is 1. The van der Waals surface area contributed by atoms with Crippen LogP contribution in [0.5, 0.6) is 0 Å². The van der Waals surface area contributed by atoms with Gasteiger partial charge in [0.2, 0.25) is 17.7 Å². The molecule has 1 spiro atoms. The minimum Gasteiger partial charge on any atom is -0.373 e. The van der Waals surface area contributed by atoms with Crippen LogP contribution in [0.2, 0.25) is 0 Å². The van der Waals surface area contributed by atoms with E-state index in [1.54, 1.807) is 42.5 Å². The van der Waals surface area contributed by atoms with E-state index in [0.717, 1.165) is 0 Å². The summed E-state index contributed by atoms with van der Waals surface area (Å²) in [6.07, 6.45) is 10.2. The third kappa shape index (κ3) is 6.79. The number of rotatable bonds is 4. The Bertz CT molecular complexity index is 2100. The molecule has 15 heteroatoms. The van der Waals surface area contributed by atoms with Crippen molar-refractivity contribution in [2.45, 2.75) is 72.2 Å². The highest BCUT2D eigenvalue weighted by molar-refractivity contribution is 9.10. The molecule has 0 radical (unpaired) electrons. The quantitative estimate of drug-likeness (QED) is 0.175. The van der Waals surface area contributed by atoms with Crippen LogP contribution in [0.1, 0.15) is 61.9 Å². The third-order valence-electron chi connectivity index (χ3n) is 10.0. The number of likely N-dealkylation sites (tertiary alicyclic amines) is 1. The van der Waals surface area contributed by atoms with Crippen molar-refractivity contribution in [3.63, 3.8) is 0 Å². The van der Waals surface area contributed by atoms with E-state index in [0.29, 0.717) is 76.4 Å². The summed E-state index contributed by atoms with van der Waals surface area (Å²) in [6, 6.07) is 4.23. The van der Waals surface area contributed by atoms with Crippen molar-refractivity contribution in [2.24, 2.45) is 10.8 Å². The highest BCUT2D eigenvalue weighted by Gasteiger charge is 2.67. The molecule has 0 unspecified atom stereocenters. The second-order valence-corrected chi connectivity index (χ2v) is 15.0. The number of hydrogen-bond acceptors (Lipinski definition) is 10. The number of carbonyl (C=O) groups is 4. The maximum atomic E-state index is 14.3. The number of nitrogens with one attached hydrogen (secondary N) is 2. The summed E-state index contributed by atoms with van der Waals surface area (Å²) in [5.41, 5.74) is 1.49. The fourth-order valence-electron chi connectivity index (χ4n) is 6.97. The second-order valence-electron chi connectivity index (χ2n) is 14.2. The zero-order valence-electron chi connectivity index (χ0n) is 28.8. The van der Waals surface area contributed by atoms with E-state index >= 15 is 0 Å². The van der Waals surface area contributed by atoms with Crippen LogP contribution >= 0.6 is 15.9 Å². The third-order valence-corrected chi connectivity index (χ3v) is 10.5. The van der Waals surface area contributed by atoms with E-state index in [2.05, 4.69) is 51.6 Å². The molecule has 7 rings (SSSR count). The number of allylic oxidation sites excluding steroid dienone is 1. The Morgan fingerprint density at radius 3 is 2.63 bits per heavy atom. The van der Waals surface area contributed by atoms with Gasteiger partial charge in [-0.05, 0) is 54.2 Å². The number of pyridine rings is 2. The van der Waals surface area contributed by atoms with Crippen LogP contribution in [0.15, 0.2) is 53.5 Å². The minimum atomic E-state index is -0.839. The van der Waals surface area contributed by atoms with Gasteiger partial charge < -0.3 is 20.3 Å². The zero-order chi connectivity index (χ0) is 36.1. The van der Waals surface area contributed by atoms with Gasteiger partial charge in [-0.1, -0.05) is 32.1 Å². The first kappa shape index (κ1) is 34.6. The predicted molar refractivity (Wildman–Crippen MR) is 190 cm³/mol. The van der Waals surface area contributed by atoms with Crippen molar-refractivity contribution in [1.29, 1.82) is 0 Å². The molecular weight excluding hydrogens is 718 g/mol. The number of ether oxygens (including phenoxy) is 1. The number of amides is 3. The summed E-state index contributed by atoms with van der Waals surface area (Å²) in [7, 11) is 0. The molecule has 3 amide bonds. The molecule has 1 aliphatic carbocycles. The molecule has 51 heavy (non-hydrogen) atoms. The molecule has 14 nitrogen and oxygen atoms in total. The van der Waals surface area contributed by atoms with Crippen LogP contribution in [0.4, 0.5) is 5.82 Å². The molecule has 3 atom stereocenters. The number of ketones is 1. The van der Waals surface area contributed by atoms with Gasteiger partial charge in [-0.2, -0.15) is 5.10 Å². The standard InChI is InChI=1S/C36H38BrN9O5/c1-20(47)31-24-11-25(23-14-38-21(2)39-15-23)40-16-27(24)45(44-31)17-30(48)46-26-12-36(13-28(36)46)19-41-34(50)35(3,4)9-5-6-10-51-18-22-7-8-29(37)42-32(22)43-33(26)49/h5-8,11,14-16,26,28H,9-10,12-13,17-19H2,1-4H3,(H,41,50)(H,42,43,49)/b6-5+/t26-,28+,36-/m0/s1. The molecule has 2 aliphatic heterocycles. The lowest BCUT2D eigenvalue weighted by atomic mass is 9.87. The van der Waals surface area contributed by atoms with Gasteiger partial charge >= 0.3 is 0 Å². The topological polar surface area (TPSA) is 174 Å². The molecule has 4 aromatic rings. The van der Waals surface area contributed by atoms with Crippen molar-refractivity contribution in [3.05, 3.63) is 70.6 Å². The number of aryl methyl sites for hydroxylation is 1. The van der Waals surface area contributed by atoms with Crippen LogP contribution in [-0.4, -0.2) is 83.4 Å². The Balaban J connectivity index is 1.21. The Hall–Kier alpha value is -4.89. The van der Waals surface area contributed by atoms with Crippen molar-refractivity contribution < 1.29 is 23.9 Å². The Morgan fingerprint density at radius 2 is 1.86 bits per heavy atom. The summed E-state index contributed by atoms with van der Waals surface area (Å²) in [6.45, 7) is 7.61. The average Bonchev–Trinajstić information content (AvgIpc) is 3.51. The monoisotopic (exact) mass is 755 g/mol. The van der Waals surface area contributed by atoms with Gasteiger partial charge in [0.1, 0.15) is 34.5 Å². The first-order chi connectivity index (χ1) is 24.3. The Labute approximate surface area is 302 Å². The summed E-state index contributed by atoms with van der Waals surface area (Å²) in [4.78, 5) is 73.7. The summed E-state index contributed by atoms with van der Waals surface area (Å²) in [5.74, 6) is -0.142. The molecule has 2 N–H and O–H groups in total. The van der Waals surface area contributed by atoms with Crippen molar-refractivity contribution in [3.8, 4) is 11.3 Å². The maximum absolute atomic E-state index is 14.3. The van der Waals surface area contributed by atoms with Crippen molar-refractivity contribution >= 4 is 56.2 Å². The van der Waals surface area contributed by atoms with Crippen LogP contribution in [0.3, 0.4) is 0 Å². The molecular formula is C36H38BrN9O5. The minimum absolute atomic E-state index is 0.103. The molecule has 2 fully saturated rings. The summed E-state index contributed by atoms with van der Waals surface area (Å²) in [5, 5.41) is 11.2. The summed E-state index contributed by atoms with van der Waals surface area (Å²) < 4.78 is 7.86. The zero-order valence-corrected chi connectivity index (χ0v) is 30.4. The van der Waals surface area contributed by atoms with E-state index in [9.17, 15) is 19.2 Å². The highest BCUT2D eigenvalue weighted by atomic mass is 79.9. The van der Waals surface area contributed by atoms with Crippen LogP contribution in [0, 0.1) is 17.8 Å².